The Labute approximate surface area is 120 Å². The maximum absolute atomic E-state index is 12.1. The maximum atomic E-state index is 12.1. The van der Waals surface area contributed by atoms with Gasteiger partial charge in [-0.1, -0.05) is 6.92 Å². The second-order valence-corrected chi connectivity index (χ2v) is 4.93. The molecule has 1 amide bonds. The number of aryl methyl sites for hydroxylation is 1. The highest BCUT2D eigenvalue weighted by molar-refractivity contribution is 5.99. The van der Waals surface area contributed by atoms with Crippen LogP contribution in [-0.4, -0.2) is 20.6 Å². The Bertz CT molecular complexity index is 751. The van der Waals surface area contributed by atoms with Crippen molar-refractivity contribution in [3.8, 4) is 11.3 Å². The van der Waals surface area contributed by atoms with E-state index in [-0.39, 0.29) is 11.6 Å². The Morgan fingerprint density at radius 2 is 2.24 bits per heavy atom. The number of anilines is 1. The Hall–Kier alpha value is -2.70. The highest BCUT2D eigenvalue weighted by Crippen LogP contribution is 2.40. The summed E-state index contributed by atoms with van der Waals surface area (Å²) in [5, 5.41) is 15.2. The highest BCUT2D eigenvalue weighted by Gasteiger charge is 2.29. The number of benzene rings is 1. The first-order chi connectivity index (χ1) is 10.0. The lowest BCUT2D eigenvalue weighted by molar-refractivity contribution is -0.384. The summed E-state index contributed by atoms with van der Waals surface area (Å²) in [5.74, 6) is -0.0143. The second-order valence-electron chi connectivity index (χ2n) is 4.93. The van der Waals surface area contributed by atoms with E-state index in [1.54, 1.807) is 35.8 Å². The number of rotatable bonds is 2. The molecule has 0 saturated heterocycles. The van der Waals surface area contributed by atoms with Crippen LogP contribution in [0.15, 0.2) is 24.4 Å². The Kier molecular flexibility index (Phi) is 2.97. The smallest absolute Gasteiger partial charge is 0.270 e. The van der Waals surface area contributed by atoms with Crippen molar-refractivity contribution in [2.45, 2.75) is 19.9 Å². The number of hydrogen-bond acceptors (Lipinski definition) is 4. The minimum atomic E-state index is -0.434. The summed E-state index contributed by atoms with van der Waals surface area (Å²) in [6.07, 6.45) is 2.08. The van der Waals surface area contributed by atoms with Gasteiger partial charge in [-0.2, -0.15) is 5.10 Å². The molecule has 1 aromatic carbocycles. The van der Waals surface area contributed by atoms with Crippen LogP contribution in [-0.2, 0) is 18.4 Å². The topological polar surface area (TPSA) is 81.3 Å². The zero-order valence-corrected chi connectivity index (χ0v) is 11.7. The molecule has 1 aliphatic heterocycles. The average molecular weight is 286 g/mol. The number of carbonyl (C=O) groups is 1. The van der Waals surface area contributed by atoms with Crippen molar-refractivity contribution in [1.29, 1.82) is 0 Å². The van der Waals surface area contributed by atoms with Gasteiger partial charge in [0, 0.05) is 36.7 Å². The molecular formula is C14H14N4O3. The summed E-state index contributed by atoms with van der Waals surface area (Å²) in [5.41, 5.74) is 3.10. The van der Waals surface area contributed by atoms with Crippen LogP contribution in [0.5, 0.6) is 0 Å². The van der Waals surface area contributed by atoms with Crippen LogP contribution in [0.3, 0.4) is 0 Å². The van der Waals surface area contributed by atoms with Crippen molar-refractivity contribution >= 4 is 17.3 Å². The van der Waals surface area contributed by atoms with Crippen molar-refractivity contribution < 1.29 is 9.72 Å². The van der Waals surface area contributed by atoms with Gasteiger partial charge in [-0.15, -0.1) is 0 Å². The van der Waals surface area contributed by atoms with Gasteiger partial charge in [0.2, 0.25) is 5.91 Å². The van der Waals surface area contributed by atoms with Crippen molar-refractivity contribution in [2.75, 3.05) is 4.90 Å². The molecule has 7 heteroatoms. The third-order valence-electron chi connectivity index (χ3n) is 3.68. The molecule has 0 bridgehead atoms. The molecule has 0 aliphatic carbocycles. The Morgan fingerprint density at radius 1 is 1.48 bits per heavy atom. The Balaban J connectivity index is 2.24. The van der Waals surface area contributed by atoms with E-state index in [2.05, 4.69) is 5.10 Å². The minimum Gasteiger partial charge on any atom is -0.307 e. The summed E-state index contributed by atoms with van der Waals surface area (Å²) >= 11 is 0. The predicted molar refractivity (Wildman–Crippen MR) is 76.8 cm³/mol. The molecule has 0 atom stereocenters. The molecule has 1 aromatic heterocycles. The largest absolute Gasteiger partial charge is 0.307 e. The van der Waals surface area contributed by atoms with Crippen molar-refractivity contribution in [2.24, 2.45) is 7.05 Å². The quantitative estimate of drug-likeness (QED) is 0.626. The van der Waals surface area contributed by atoms with Gasteiger partial charge in [-0.3, -0.25) is 19.6 Å². The molecular weight excluding hydrogens is 272 g/mol. The molecule has 7 nitrogen and oxygen atoms in total. The van der Waals surface area contributed by atoms with Gasteiger partial charge in [0.1, 0.15) is 0 Å². The van der Waals surface area contributed by atoms with E-state index in [0.717, 1.165) is 11.3 Å². The first-order valence-corrected chi connectivity index (χ1v) is 6.63. The van der Waals surface area contributed by atoms with Crippen LogP contribution >= 0.6 is 0 Å². The molecule has 2 aromatic rings. The SMILES string of the molecule is CCC(=O)N1Cc2cnn(C)c2-c2cc([N+](=O)[O-])ccc21. The van der Waals surface area contributed by atoms with E-state index >= 15 is 0 Å². The molecule has 21 heavy (non-hydrogen) atoms. The lowest BCUT2D eigenvalue weighted by Crippen LogP contribution is -2.32. The predicted octanol–water partition coefficient (Wildman–Crippen LogP) is 2.25. The molecule has 108 valence electrons. The lowest BCUT2D eigenvalue weighted by Gasteiger charge is -2.29. The first kappa shape index (κ1) is 13.3. The average Bonchev–Trinajstić information content (AvgIpc) is 2.86. The molecule has 3 rings (SSSR count). The summed E-state index contributed by atoms with van der Waals surface area (Å²) < 4.78 is 1.69. The molecule has 0 radical (unpaired) electrons. The first-order valence-electron chi connectivity index (χ1n) is 6.63. The summed E-state index contributed by atoms with van der Waals surface area (Å²) in [6.45, 7) is 2.24. The fourth-order valence-electron chi connectivity index (χ4n) is 2.68. The fraction of sp³-hybridized carbons (Fsp3) is 0.286. The maximum Gasteiger partial charge on any atom is 0.270 e. The van der Waals surface area contributed by atoms with Crippen LogP contribution in [0.2, 0.25) is 0 Å². The van der Waals surface area contributed by atoms with Crippen LogP contribution in [0.4, 0.5) is 11.4 Å². The second kappa shape index (κ2) is 4.69. The van der Waals surface area contributed by atoms with E-state index in [1.165, 1.54) is 12.1 Å². The van der Waals surface area contributed by atoms with Crippen LogP contribution < -0.4 is 4.90 Å². The fourth-order valence-corrected chi connectivity index (χ4v) is 2.68. The molecule has 0 spiro atoms. The Morgan fingerprint density at radius 3 is 2.90 bits per heavy atom. The number of hydrogen-bond donors (Lipinski definition) is 0. The van der Waals surface area contributed by atoms with Gasteiger partial charge in [0.05, 0.1) is 29.0 Å². The van der Waals surface area contributed by atoms with Crippen molar-refractivity contribution in [3.63, 3.8) is 0 Å². The number of aromatic nitrogens is 2. The van der Waals surface area contributed by atoms with Crippen molar-refractivity contribution in [3.05, 3.63) is 40.1 Å². The van der Waals surface area contributed by atoms with E-state index in [9.17, 15) is 14.9 Å². The number of non-ortho nitro benzene ring substituents is 1. The number of nitrogens with zero attached hydrogens (tertiary/aromatic N) is 4. The van der Waals surface area contributed by atoms with Crippen LogP contribution in [0, 0.1) is 10.1 Å². The lowest BCUT2D eigenvalue weighted by atomic mass is 9.99. The summed E-state index contributed by atoms with van der Waals surface area (Å²) in [4.78, 5) is 24.3. The molecule has 0 saturated carbocycles. The monoisotopic (exact) mass is 286 g/mol. The normalized spacial score (nSPS) is 12.8. The zero-order valence-electron chi connectivity index (χ0n) is 11.7. The van der Waals surface area contributed by atoms with Gasteiger partial charge in [0.15, 0.2) is 0 Å². The third-order valence-corrected chi connectivity index (χ3v) is 3.68. The zero-order chi connectivity index (χ0) is 15.1. The number of carbonyl (C=O) groups excluding carboxylic acids is 1. The van der Waals surface area contributed by atoms with Crippen LogP contribution in [0.1, 0.15) is 18.9 Å². The van der Waals surface area contributed by atoms with Gasteiger partial charge in [0.25, 0.3) is 5.69 Å². The van der Waals surface area contributed by atoms with E-state index in [0.29, 0.717) is 24.2 Å². The van der Waals surface area contributed by atoms with Gasteiger partial charge < -0.3 is 4.90 Å². The minimum absolute atomic E-state index is 0.00620. The molecule has 0 fully saturated rings. The van der Waals surface area contributed by atoms with E-state index in [4.69, 9.17) is 0 Å². The summed E-state index contributed by atoms with van der Waals surface area (Å²) in [7, 11) is 1.79. The van der Waals surface area contributed by atoms with E-state index in [1.807, 2.05) is 0 Å². The van der Waals surface area contributed by atoms with Gasteiger partial charge >= 0.3 is 0 Å². The van der Waals surface area contributed by atoms with Crippen LogP contribution in [0.25, 0.3) is 11.3 Å². The highest BCUT2D eigenvalue weighted by atomic mass is 16.6. The molecule has 1 aliphatic rings. The number of fused-ring (bicyclic) bond motifs is 3. The number of amides is 1. The van der Waals surface area contributed by atoms with Crippen molar-refractivity contribution in [1.82, 2.24) is 9.78 Å². The number of nitro groups is 1. The van der Waals surface area contributed by atoms with Gasteiger partial charge in [-0.05, 0) is 6.07 Å². The van der Waals surface area contributed by atoms with E-state index < -0.39 is 4.92 Å². The number of nitro benzene ring substituents is 1. The third kappa shape index (κ3) is 1.97. The standard InChI is InChI=1S/C14H14N4O3/c1-3-13(19)17-8-9-7-15-16(2)14(9)11-6-10(18(20)21)4-5-12(11)17/h4-7H,3,8H2,1-2H3. The molecule has 2 heterocycles. The molecule has 0 N–H and O–H groups in total. The van der Waals surface area contributed by atoms with Gasteiger partial charge in [-0.25, -0.2) is 0 Å². The summed E-state index contributed by atoms with van der Waals surface area (Å²) in [6, 6.07) is 4.57. The molecule has 0 unspecified atom stereocenters.